The monoisotopic (exact) mass is 274 g/mol. The fraction of sp³-hybridized carbons (Fsp3) is 0.667. The molecule has 1 aromatic rings. The summed E-state index contributed by atoms with van der Waals surface area (Å²) in [5.41, 5.74) is 7.67. The largest absolute Gasteiger partial charge is 0.324 e. The maximum Gasteiger partial charge on any atom is 0.0333 e. The molecule has 112 valence electrons. The van der Waals surface area contributed by atoms with E-state index in [1.165, 1.54) is 31.2 Å². The zero-order chi connectivity index (χ0) is 14.5. The van der Waals surface area contributed by atoms with Crippen LogP contribution in [0.1, 0.15) is 51.1 Å². The topological polar surface area (TPSA) is 29.3 Å². The highest BCUT2D eigenvalue weighted by Gasteiger charge is 2.24. The van der Waals surface area contributed by atoms with Crippen molar-refractivity contribution in [3.63, 3.8) is 0 Å². The fourth-order valence-electron chi connectivity index (χ4n) is 3.40. The minimum Gasteiger partial charge on any atom is -0.324 e. The number of hydrogen-bond donors (Lipinski definition) is 1. The Labute approximate surface area is 124 Å². The first-order valence-corrected chi connectivity index (χ1v) is 8.08. The smallest absolute Gasteiger partial charge is 0.0333 e. The van der Waals surface area contributed by atoms with Crippen LogP contribution in [0.25, 0.3) is 0 Å². The van der Waals surface area contributed by atoms with Crippen LogP contribution in [0.5, 0.6) is 0 Å². The Hall–Kier alpha value is -0.860. The lowest BCUT2D eigenvalue weighted by Gasteiger charge is -2.36. The van der Waals surface area contributed by atoms with Crippen LogP contribution in [0.2, 0.25) is 0 Å². The lowest BCUT2D eigenvalue weighted by atomic mass is 9.86. The maximum atomic E-state index is 6.41. The van der Waals surface area contributed by atoms with Gasteiger partial charge in [0, 0.05) is 18.6 Å². The van der Waals surface area contributed by atoms with Crippen molar-refractivity contribution in [3.8, 4) is 0 Å². The van der Waals surface area contributed by atoms with Crippen molar-refractivity contribution in [3.05, 3.63) is 35.9 Å². The molecular weight excluding hydrogens is 244 g/mol. The molecule has 2 N–H and O–H groups in total. The molecule has 1 aromatic carbocycles. The number of rotatable bonds is 5. The van der Waals surface area contributed by atoms with E-state index in [0.29, 0.717) is 5.92 Å². The van der Waals surface area contributed by atoms with E-state index in [0.717, 1.165) is 18.5 Å². The lowest BCUT2D eigenvalue weighted by molar-refractivity contribution is 0.146. The first-order chi connectivity index (χ1) is 9.58. The second-order valence-electron chi connectivity index (χ2n) is 6.77. The van der Waals surface area contributed by atoms with Gasteiger partial charge in [0.05, 0.1) is 0 Å². The quantitative estimate of drug-likeness (QED) is 0.884. The molecule has 0 amide bonds. The summed E-state index contributed by atoms with van der Waals surface area (Å²) in [4.78, 5) is 2.54. The van der Waals surface area contributed by atoms with E-state index in [1.54, 1.807) is 0 Å². The second-order valence-corrected chi connectivity index (χ2v) is 6.77. The molecule has 0 aliphatic heterocycles. The summed E-state index contributed by atoms with van der Waals surface area (Å²) in [6, 6.07) is 11.4. The zero-order valence-electron chi connectivity index (χ0n) is 13.3. The van der Waals surface area contributed by atoms with E-state index in [2.05, 4.69) is 56.1 Å². The van der Waals surface area contributed by atoms with Gasteiger partial charge in [-0.15, -0.1) is 0 Å². The molecule has 2 heteroatoms. The highest BCUT2D eigenvalue weighted by Crippen LogP contribution is 2.28. The third-order valence-electron chi connectivity index (χ3n) is 4.98. The number of nitrogens with zero attached hydrogens (tertiary/aromatic N) is 1. The van der Waals surface area contributed by atoms with Gasteiger partial charge in [0.25, 0.3) is 0 Å². The average Bonchev–Trinajstić information content (AvgIpc) is 2.48. The van der Waals surface area contributed by atoms with Gasteiger partial charge in [-0.05, 0) is 50.1 Å². The second kappa shape index (κ2) is 7.24. The Morgan fingerprint density at radius 3 is 2.35 bits per heavy atom. The molecule has 1 saturated carbocycles. The minimum atomic E-state index is 0.140. The summed E-state index contributed by atoms with van der Waals surface area (Å²) in [5.74, 6) is 1.41. The van der Waals surface area contributed by atoms with E-state index in [1.807, 2.05) is 0 Å². The standard InChI is InChI=1S/C18H30N2/c1-14-9-11-17(12-10-14)20(3)13-15(2)18(19)16-7-5-4-6-8-16/h4-8,14-15,17-18H,9-13,19H2,1-3H3. The van der Waals surface area contributed by atoms with Crippen molar-refractivity contribution in [2.75, 3.05) is 13.6 Å². The van der Waals surface area contributed by atoms with Crippen LogP contribution >= 0.6 is 0 Å². The summed E-state index contributed by atoms with van der Waals surface area (Å²) in [6.45, 7) is 5.75. The van der Waals surface area contributed by atoms with Crippen LogP contribution in [0, 0.1) is 11.8 Å². The Kier molecular flexibility index (Phi) is 5.62. The average molecular weight is 274 g/mol. The summed E-state index contributed by atoms with van der Waals surface area (Å²) in [6.07, 6.45) is 5.47. The van der Waals surface area contributed by atoms with Crippen molar-refractivity contribution in [2.45, 2.75) is 51.6 Å². The van der Waals surface area contributed by atoms with Crippen molar-refractivity contribution >= 4 is 0 Å². The van der Waals surface area contributed by atoms with E-state index in [9.17, 15) is 0 Å². The highest BCUT2D eigenvalue weighted by atomic mass is 15.1. The summed E-state index contributed by atoms with van der Waals surface area (Å²) in [7, 11) is 2.27. The summed E-state index contributed by atoms with van der Waals surface area (Å²) >= 11 is 0. The van der Waals surface area contributed by atoms with Crippen LogP contribution < -0.4 is 5.73 Å². The van der Waals surface area contributed by atoms with Crippen LogP contribution in [0.15, 0.2) is 30.3 Å². The normalized spacial score (nSPS) is 26.4. The lowest BCUT2D eigenvalue weighted by Crippen LogP contribution is -2.39. The molecule has 2 rings (SSSR count). The molecule has 0 heterocycles. The van der Waals surface area contributed by atoms with Gasteiger partial charge >= 0.3 is 0 Å². The number of hydrogen-bond acceptors (Lipinski definition) is 2. The fourth-order valence-corrected chi connectivity index (χ4v) is 3.40. The highest BCUT2D eigenvalue weighted by molar-refractivity contribution is 5.19. The molecule has 0 spiro atoms. The SMILES string of the molecule is CC1CCC(N(C)CC(C)C(N)c2ccccc2)CC1. The molecule has 2 atom stereocenters. The maximum absolute atomic E-state index is 6.41. The molecule has 1 aliphatic carbocycles. The molecule has 0 bridgehead atoms. The number of benzene rings is 1. The Morgan fingerprint density at radius 1 is 1.15 bits per heavy atom. The van der Waals surface area contributed by atoms with E-state index < -0.39 is 0 Å². The summed E-state index contributed by atoms with van der Waals surface area (Å²) in [5, 5.41) is 0. The first kappa shape index (κ1) is 15.5. The Balaban J connectivity index is 1.86. The molecule has 0 radical (unpaired) electrons. The van der Waals surface area contributed by atoms with E-state index in [4.69, 9.17) is 5.73 Å². The van der Waals surface area contributed by atoms with Gasteiger partial charge in [-0.3, -0.25) is 0 Å². The predicted octanol–water partition coefficient (Wildman–Crippen LogP) is 3.83. The molecule has 2 nitrogen and oxygen atoms in total. The molecule has 20 heavy (non-hydrogen) atoms. The third kappa shape index (κ3) is 4.07. The van der Waals surface area contributed by atoms with Crippen molar-refractivity contribution in [2.24, 2.45) is 17.6 Å². The minimum absolute atomic E-state index is 0.140. The molecule has 2 unspecified atom stereocenters. The molecule has 1 aliphatic rings. The summed E-state index contributed by atoms with van der Waals surface area (Å²) < 4.78 is 0. The van der Waals surface area contributed by atoms with E-state index in [-0.39, 0.29) is 6.04 Å². The van der Waals surface area contributed by atoms with Crippen molar-refractivity contribution < 1.29 is 0 Å². The van der Waals surface area contributed by atoms with Gasteiger partial charge in [0.2, 0.25) is 0 Å². The first-order valence-electron chi connectivity index (χ1n) is 8.08. The van der Waals surface area contributed by atoms with Gasteiger partial charge in [0.15, 0.2) is 0 Å². The van der Waals surface area contributed by atoms with Crippen LogP contribution in [0.3, 0.4) is 0 Å². The Morgan fingerprint density at radius 2 is 1.75 bits per heavy atom. The van der Waals surface area contributed by atoms with Gasteiger partial charge in [-0.1, -0.05) is 44.2 Å². The zero-order valence-corrected chi connectivity index (χ0v) is 13.3. The van der Waals surface area contributed by atoms with Crippen LogP contribution in [0.4, 0.5) is 0 Å². The number of nitrogens with two attached hydrogens (primary N) is 1. The van der Waals surface area contributed by atoms with Crippen molar-refractivity contribution in [1.29, 1.82) is 0 Å². The van der Waals surface area contributed by atoms with E-state index >= 15 is 0 Å². The van der Waals surface area contributed by atoms with Crippen LogP contribution in [-0.2, 0) is 0 Å². The van der Waals surface area contributed by atoms with Crippen molar-refractivity contribution in [1.82, 2.24) is 4.90 Å². The molecule has 0 aromatic heterocycles. The predicted molar refractivity (Wildman–Crippen MR) is 86.6 cm³/mol. The van der Waals surface area contributed by atoms with Gasteiger partial charge in [-0.2, -0.15) is 0 Å². The van der Waals surface area contributed by atoms with Gasteiger partial charge < -0.3 is 10.6 Å². The van der Waals surface area contributed by atoms with Gasteiger partial charge in [-0.25, -0.2) is 0 Å². The van der Waals surface area contributed by atoms with Crippen LogP contribution in [-0.4, -0.2) is 24.5 Å². The van der Waals surface area contributed by atoms with Gasteiger partial charge in [0.1, 0.15) is 0 Å². The Bertz CT molecular complexity index is 382. The molecule has 0 saturated heterocycles. The molecule has 1 fully saturated rings. The molecular formula is C18H30N2. The third-order valence-corrected chi connectivity index (χ3v) is 4.98.